The molecule has 1 saturated heterocycles. The summed E-state index contributed by atoms with van der Waals surface area (Å²) >= 11 is 6.13. The van der Waals surface area contributed by atoms with Gasteiger partial charge in [0.05, 0.1) is 6.42 Å². The maximum absolute atomic E-state index is 12.6. The van der Waals surface area contributed by atoms with Crippen LogP contribution in [0.5, 0.6) is 0 Å². The van der Waals surface area contributed by atoms with Gasteiger partial charge >= 0.3 is 12.1 Å². The minimum Gasteiger partial charge on any atom is -0.353 e. The molecule has 1 amide bonds. The molecule has 3 heterocycles. The molecule has 1 fully saturated rings. The van der Waals surface area contributed by atoms with Crippen molar-refractivity contribution in [1.82, 2.24) is 20.0 Å². The predicted molar refractivity (Wildman–Crippen MR) is 106 cm³/mol. The van der Waals surface area contributed by atoms with Crippen molar-refractivity contribution >= 4 is 23.3 Å². The third kappa shape index (κ3) is 4.79. The molecule has 0 radical (unpaired) electrons. The number of nitrogens with zero attached hydrogens (tertiary/aromatic N) is 5. The Morgan fingerprint density at radius 3 is 2.45 bits per heavy atom. The molecule has 0 bridgehead atoms. The van der Waals surface area contributed by atoms with E-state index < -0.39 is 12.1 Å². The second kappa shape index (κ2) is 8.54. The smallest absolute Gasteiger partial charge is 0.353 e. The third-order valence-electron chi connectivity index (χ3n) is 4.93. The van der Waals surface area contributed by atoms with Gasteiger partial charge in [-0.25, -0.2) is 4.98 Å². The van der Waals surface area contributed by atoms with Crippen molar-refractivity contribution in [2.45, 2.75) is 12.6 Å². The number of benzene rings is 1. The first-order valence-electron chi connectivity index (χ1n) is 9.45. The quantitative estimate of drug-likeness (QED) is 0.602. The molecule has 1 aromatic carbocycles. The van der Waals surface area contributed by atoms with E-state index >= 15 is 0 Å². The second-order valence-electron chi connectivity index (χ2n) is 6.96. The number of pyridine rings is 1. The molecule has 0 aliphatic carbocycles. The molecule has 0 unspecified atom stereocenters. The number of rotatable bonds is 4. The molecule has 0 saturated carbocycles. The highest BCUT2D eigenvalue weighted by molar-refractivity contribution is 6.31. The van der Waals surface area contributed by atoms with Crippen molar-refractivity contribution in [2.75, 3.05) is 31.1 Å². The highest BCUT2D eigenvalue weighted by Crippen LogP contribution is 2.29. The van der Waals surface area contributed by atoms with Crippen LogP contribution in [0.1, 0.15) is 11.5 Å². The Morgan fingerprint density at radius 2 is 1.84 bits per heavy atom. The van der Waals surface area contributed by atoms with Crippen LogP contribution >= 0.6 is 11.6 Å². The standard InChI is InChI=1S/C20H17ClF3N5O2/c21-15-4-2-1-3-13(15)11-17(30)29-9-7-28(8-10-29)16-6-5-14(12-25-16)18-26-19(31-27-18)20(22,23)24/h1-6,12H,7-11H2. The summed E-state index contributed by atoms with van der Waals surface area (Å²) in [6.45, 7) is 2.24. The average Bonchev–Trinajstić information content (AvgIpc) is 3.27. The fourth-order valence-electron chi connectivity index (χ4n) is 3.26. The van der Waals surface area contributed by atoms with Crippen molar-refractivity contribution in [2.24, 2.45) is 0 Å². The van der Waals surface area contributed by atoms with Crippen LogP contribution in [0.3, 0.4) is 0 Å². The fraction of sp³-hybridized carbons (Fsp3) is 0.300. The zero-order valence-corrected chi connectivity index (χ0v) is 16.9. The van der Waals surface area contributed by atoms with Gasteiger partial charge in [0.1, 0.15) is 5.82 Å². The molecule has 162 valence electrons. The van der Waals surface area contributed by atoms with E-state index in [2.05, 4.69) is 19.6 Å². The van der Waals surface area contributed by atoms with Gasteiger partial charge in [0.25, 0.3) is 0 Å². The first-order chi connectivity index (χ1) is 14.8. The van der Waals surface area contributed by atoms with Crippen LogP contribution in [0, 0.1) is 0 Å². The van der Waals surface area contributed by atoms with E-state index in [1.165, 1.54) is 6.20 Å². The maximum Gasteiger partial charge on any atom is 0.471 e. The van der Waals surface area contributed by atoms with E-state index in [1.807, 2.05) is 23.1 Å². The summed E-state index contributed by atoms with van der Waals surface area (Å²) in [5.74, 6) is -0.916. The van der Waals surface area contributed by atoms with Gasteiger partial charge in [0, 0.05) is 43.0 Å². The molecular formula is C20H17ClF3N5O2. The summed E-state index contributed by atoms with van der Waals surface area (Å²) in [7, 11) is 0. The number of alkyl halides is 3. The second-order valence-corrected chi connectivity index (χ2v) is 7.37. The zero-order chi connectivity index (χ0) is 22.0. The SMILES string of the molecule is O=C(Cc1ccccc1Cl)N1CCN(c2ccc(-c3noc(C(F)(F)F)n3)cn2)CC1. The number of carbonyl (C=O) groups is 1. The lowest BCUT2D eigenvalue weighted by Gasteiger charge is -2.35. The molecule has 1 aliphatic rings. The lowest BCUT2D eigenvalue weighted by atomic mass is 10.1. The third-order valence-corrected chi connectivity index (χ3v) is 5.30. The Morgan fingerprint density at radius 1 is 1.10 bits per heavy atom. The van der Waals surface area contributed by atoms with Crippen LogP contribution in [-0.2, 0) is 17.4 Å². The number of carbonyl (C=O) groups excluding carboxylic acids is 1. The van der Waals surface area contributed by atoms with Gasteiger partial charge in [0.15, 0.2) is 0 Å². The lowest BCUT2D eigenvalue weighted by Crippen LogP contribution is -2.49. The monoisotopic (exact) mass is 451 g/mol. The van der Waals surface area contributed by atoms with Crippen LogP contribution in [0.15, 0.2) is 47.1 Å². The molecule has 0 spiro atoms. The Hall–Kier alpha value is -3.14. The van der Waals surface area contributed by atoms with Crippen LogP contribution in [0.4, 0.5) is 19.0 Å². The van der Waals surface area contributed by atoms with Crippen molar-refractivity contribution in [3.05, 3.63) is 59.1 Å². The highest BCUT2D eigenvalue weighted by atomic mass is 35.5. The van der Waals surface area contributed by atoms with Gasteiger partial charge in [-0.05, 0) is 23.8 Å². The number of hydrogen-bond donors (Lipinski definition) is 0. The predicted octanol–water partition coefficient (Wildman–Crippen LogP) is 3.70. The summed E-state index contributed by atoms with van der Waals surface area (Å²) in [5.41, 5.74) is 1.11. The average molecular weight is 452 g/mol. The minimum absolute atomic E-state index is 0.00799. The number of hydrogen-bond acceptors (Lipinski definition) is 6. The Balaban J connectivity index is 1.35. The molecule has 3 aromatic rings. The van der Waals surface area contributed by atoms with E-state index in [9.17, 15) is 18.0 Å². The Bertz CT molecular complexity index is 1060. The molecular weight excluding hydrogens is 435 g/mol. The van der Waals surface area contributed by atoms with Crippen molar-refractivity contribution in [3.8, 4) is 11.4 Å². The Kier molecular flexibility index (Phi) is 5.81. The molecule has 11 heteroatoms. The van der Waals surface area contributed by atoms with E-state index in [4.69, 9.17) is 11.6 Å². The topological polar surface area (TPSA) is 75.4 Å². The molecule has 31 heavy (non-hydrogen) atoms. The van der Waals surface area contributed by atoms with Gasteiger partial charge in [-0.3, -0.25) is 4.79 Å². The van der Waals surface area contributed by atoms with Gasteiger partial charge in [-0.1, -0.05) is 35.0 Å². The van der Waals surface area contributed by atoms with Crippen LogP contribution < -0.4 is 4.90 Å². The molecule has 1 aliphatic heterocycles. The first-order valence-corrected chi connectivity index (χ1v) is 9.82. The van der Waals surface area contributed by atoms with Crippen molar-refractivity contribution in [1.29, 1.82) is 0 Å². The van der Waals surface area contributed by atoms with Gasteiger partial charge < -0.3 is 14.3 Å². The van der Waals surface area contributed by atoms with Crippen molar-refractivity contribution < 1.29 is 22.5 Å². The molecule has 0 atom stereocenters. The van der Waals surface area contributed by atoms with E-state index in [1.54, 1.807) is 23.1 Å². The van der Waals surface area contributed by atoms with Crippen LogP contribution in [0.2, 0.25) is 5.02 Å². The minimum atomic E-state index is -4.69. The van der Waals surface area contributed by atoms with Gasteiger partial charge in [0.2, 0.25) is 11.7 Å². The first kappa shape index (κ1) is 21.1. The fourth-order valence-corrected chi connectivity index (χ4v) is 3.47. The summed E-state index contributed by atoms with van der Waals surface area (Å²) in [6.07, 6.45) is -3.05. The largest absolute Gasteiger partial charge is 0.471 e. The Labute approximate surface area is 180 Å². The van der Waals surface area contributed by atoms with E-state index in [-0.39, 0.29) is 18.2 Å². The van der Waals surface area contributed by atoms with E-state index in [0.29, 0.717) is 42.6 Å². The molecule has 7 nitrogen and oxygen atoms in total. The zero-order valence-electron chi connectivity index (χ0n) is 16.1. The summed E-state index contributed by atoms with van der Waals surface area (Å²) in [4.78, 5) is 24.0. The van der Waals surface area contributed by atoms with Crippen molar-refractivity contribution in [3.63, 3.8) is 0 Å². The number of piperazine rings is 1. The van der Waals surface area contributed by atoms with Gasteiger partial charge in [-0.15, -0.1) is 0 Å². The lowest BCUT2D eigenvalue weighted by molar-refractivity contribution is -0.159. The normalized spacial score (nSPS) is 14.7. The van der Waals surface area contributed by atoms with Crippen LogP contribution in [-0.4, -0.2) is 52.1 Å². The summed E-state index contributed by atoms with van der Waals surface area (Å²) in [5, 5.41) is 3.92. The molecule has 0 N–H and O–H groups in total. The highest BCUT2D eigenvalue weighted by Gasteiger charge is 2.38. The molecule has 4 rings (SSSR count). The summed E-state index contributed by atoms with van der Waals surface area (Å²) < 4.78 is 42.0. The van der Waals surface area contributed by atoms with Gasteiger partial charge in [-0.2, -0.15) is 18.2 Å². The number of anilines is 1. The molecule has 2 aromatic heterocycles. The summed E-state index contributed by atoms with van der Waals surface area (Å²) in [6, 6.07) is 10.5. The number of amides is 1. The maximum atomic E-state index is 12.6. The van der Waals surface area contributed by atoms with Crippen LogP contribution in [0.25, 0.3) is 11.4 Å². The number of halogens is 4. The number of aromatic nitrogens is 3. The van der Waals surface area contributed by atoms with E-state index in [0.717, 1.165) is 5.56 Å².